The van der Waals surface area contributed by atoms with E-state index in [0.717, 1.165) is 0 Å². The highest BCUT2D eigenvalue weighted by atomic mass is 35.5. The summed E-state index contributed by atoms with van der Waals surface area (Å²) in [6, 6.07) is 4.41. The molecule has 3 saturated heterocycles. The number of aliphatic hydroxyl groups is 1. The summed E-state index contributed by atoms with van der Waals surface area (Å²) in [5, 5.41) is 10.2. The van der Waals surface area contributed by atoms with Crippen molar-refractivity contribution in [3.63, 3.8) is 0 Å². The molecule has 6 rings (SSSR count). The van der Waals surface area contributed by atoms with E-state index in [2.05, 4.69) is 15.0 Å². The van der Waals surface area contributed by atoms with Gasteiger partial charge in [-0.15, -0.1) is 0 Å². The van der Waals surface area contributed by atoms with Crippen LogP contribution in [-0.4, -0.2) is 94.8 Å². The molecule has 0 saturated carbocycles. The van der Waals surface area contributed by atoms with Crippen molar-refractivity contribution < 1.29 is 37.6 Å². The number of benzene rings is 1. The first-order chi connectivity index (χ1) is 19.4. The molecule has 214 valence electrons. The number of aromatic amines is 1. The van der Waals surface area contributed by atoms with Crippen molar-refractivity contribution in [2.45, 2.75) is 50.1 Å². The summed E-state index contributed by atoms with van der Waals surface area (Å²) in [6.07, 6.45) is -1.30. The number of hydrogen-bond acceptors (Lipinski definition) is 8. The Labute approximate surface area is 233 Å². The Morgan fingerprint density at radius 2 is 1.82 bits per heavy atom. The molecule has 13 heteroatoms. The Bertz CT molecular complexity index is 1380. The van der Waals surface area contributed by atoms with Crippen molar-refractivity contribution in [1.29, 1.82) is 0 Å². The molecule has 3 aliphatic heterocycles. The highest BCUT2D eigenvalue weighted by Crippen LogP contribution is 2.30. The number of morpholine rings is 1. The van der Waals surface area contributed by atoms with Gasteiger partial charge in [0, 0.05) is 25.1 Å². The molecule has 4 atom stereocenters. The molecule has 0 radical (unpaired) electrons. The number of nitrogens with one attached hydrogen (secondary N) is 1. The first kappa shape index (κ1) is 27.3. The Morgan fingerprint density at radius 1 is 1.07 bits per heavy atom. The maximum absolute atomic E-state index is 14.9. The van der Waals surface area contributed by atoms with E-state index in [4.69, 9.17) is 30.5 Å². The van der Waals surface area contributed by atoms with Gasteiger partial charge in [0.1, 0.15) is 29.9 Å². The number of nitrogens with zero attached hydrogens (tertiary/aromatic N) is 3. The lowest BCUT2D eigenvalue weighted by Gasteiger charge is -2.26. The van der Waals surface area contributed by atoms with Gasteiger partial charge >= 0.3 is 0 Å². The van der Waals surface area contributed by atoms with Gasteiger partial charge in [-0.1, -0.05) is 11.6 Å². The summed E-state index contributed by atoms with van der Waals surface area (Å²) in [5.74, 6) is -1.39. The third-order valence-electron chi connectivity index (χ3n) is 7.53. The van der Waals surface area contributed by atoms with E-state index in [-0.39, 0.29) is 56.4 Å². The summed E-state index contributed by atoms with van der Waals surface area (Å²) < 4.78 is 52.1. The average molecular weight is 579 g/mol. The molecule has 0 bridgehead atoms. The van der Waals surface area contributed by atoms with E-state index >= 15 is 0 Å². The van der Waals surface area contributed by atoms with Gasteiger partial charge in [0.05, 0.1) is 42.7 Å². The number of halogens is 3. The normalized spacial score (nSPS) is 24.6. The van der Waals surface area contributed by atoms with E-state index in [1.165, 1.54) is 12.1 Å². The smallest absolute Gasteiger partial charge is 0.296 e. The number of imidazole rings is 1. The highest BCUT2D eigenvalue weighted by Gasteiger charge is 2.48. The first-order valence-corrected chi connectivity index (χ1v) is 13.7. The van der Waals surface area contributed by atoms with Crippen LogP contribution in [0.4, 0.5) is 8.78 Å². The second-order valence-electron chi connectivity index (χ2n) is 10.2. The van der Waals surface area contributed by atoms with Gasteiger partial charge < -0.3 is 33.9 Å². The van der Waals surface area contributed by atoms with Crippen LogP contribution in [0.1, 0.15) is 23.2 Å². The van der Waals surface area contributed by atoms with Gasteiger partial charge in [0.15, 0.2) is 11.8 Å². The largest absolute Gasteiger partial charge is 0.456 e. The molecule has 0 unspecified atom stereocenters. The molecule has 3 aromatic rings. The number of carbonyl (C=O) groups is 1. The molecule has 0 aliphatic carbocycles. The number of aliphatic hydroxyl groups excluding tert-OH is 1. The molecule has 2 aromatic heterocycles. The van der Waals surface area contributed by atoms with Crippen LogP contribution in [0, 0.1) is 11.6 Å². The van der Waals surface area contributed by atoms with E-state index < -0.39 is 36.1 Å². The number of carbonyl (C=O) groups excluding carboxylic acids is 1. The van der Waals surface area contributed by atoms with E-state index in [0.29, 0.717) is 53.7 Å². The maximum Gasteiger partial charge on any atom is 0.296 e. The summed E-state index contributed by atoms with van der Waals surface area (Å²) >= 11 is 6.43. The summed E-state index contributed by atoms with van der Waals surface area (Å²) in [7, 11) is 0. The standard InChI is InChI=1S/C27H29ClF2N4O6/c28-16-11-20-26(33-27(32-20)40-22-13-39-24-21(35)12-38-25(22)24)31-19(16)3-2-15-17(29)9-14(10-18(15)30)1-4-23(36)34-5-7-37-8-6-34/h9-11,21-22,24-25,35H,1-8,12-13H2,(H,31,32,33)/t21-,22-,24-,25-/m1/s1. The lowest BCUT2D eigenvalue weighted by molar-refractivity contribution is -0.135. The number of aryl methyl sites for hydroxylation is 2. The van der Waals surface area contributed by atoms with Crippen molar-refractivity contribution in [1.82, 2.24) is 19.9 Å². The van der Waals surface area contributed by atoms with Crippen LogP contribution in [0.3, 0.4) is 0 Å². The zero-order chi connectivity index (χ0) is 27.8. The molecule has 1 amide bonds. The fourth-order valence-electron chi connectivity index (χ4n) is 5.36. The minimum absolute atomic E-state index is 0.0405. The van der Waals surface area contributed by atoms with Crippen LogP contribution in [0.5, 0.6) is 6.01 Å². The number of rotatable bonds is 8. The zero-order valence-corrected chi connectivity index (χ0v) is 22.3. The molecule has 0 spiro atoms. The second kappa shape index (κ2) is 11.5. The minimum Gasteiger partial charge on any atom is -0.456 e. The first-order valence-electron chi connectivity index (χ1n) is 13.3. The molecular formula is C27H29ClF2N4O6. The molecule has 3 aliphatic rings. The van der Waals surface area contributed by atoms with Crippen LogP contribution in [0.25, 0.3) is 11.2 Å². The Morgan fingerprint density at radius 3 is 2.60 bits per heavy atom. The molecule has 2 N–H and O–H groups in total. The summed E-state index contributed by atoms with van der Waals surface area (Å²) in [5.41, 5.74) is 1.69. The Balaban J connectivity index is 1.09. The zero-order valence-electron chi connectivity index (χ0n) is 21.6. The molecule has 3 fully saturated rings. The SMILES string of the molecule is O=C(CCc1cc(F)c(CCc2nc3nc(O[C@@H]4CO[C@H]5[C@@H]4OC[C@H]5O)[nH]c3cc2Cl)c(F)c1)N1CCOCC1. The van der Waals surface area contributed by atoms with Gasteiger partial charge in [-0.2, -0.15) is 4.98 Å². The fourth-order valence-corrected chi connectivity index (χ4v) is 5.60. The number of aromatic nitrogens is 3. The fraction of sp³-hybridized carbons (Fsp3) is 0.519. The third kappa shape index (κ3) is 5.64. The Kier molecular flexibility index (Phi) is 7.87. The van der Waals surface area contributed by atoms with E-state index in [1.807, 2.05) is 0 Å². The predicted octanol–water partition coefficient (Wildman–Crippen LogP) is 2.37. The lowest BCUT2D eigenvalue weighted by atomic mass is 10.0. The van der Waals surface area contributed by atoms with Gasteiger partial charge in [-0.3, -0.25) is 4.79 Å². The summed E-state index contributed by atoms with van der Waals surface area (Å²) in [6.45, 7) is 2.51. The number of hydrogen-bond donors (Lipinski definition) is 2. The average Bonchev–Trinajstić information content (AvgIpc) is 3.63. The van der Waals surface area contributed by atoms with Gasteiger partial charge in [0.25, 0.3) is 6.01 Å². The second-order valence-corrected chi connectivity index (χ2v) is 10.6. The van der Waals surface area contributed by atoms with Crippen molar-refractivity contribution in [3.8, 4) is 6.01 Å². The molecular weight excluding hydrogens is 550 g/mol. The number of amides is 1. The highest BCUT2D eigenvalue weighted by molar-refractivity contribution is 6.31. The van der Waals surface area contributed by atoms with Crippen LogP contribution < -0.4 is 4.74 Å². The number of ether oxygens (including phenoxy) is 4. The van der Waals surface area contributed by atoms with E-state index in [1.54, 1.807) is 11.0 Å². The molecule has 1 aromatic carbocycles. The van der Waals surface area contributed by atoms with Gasteiger partial charge in [-0.05, 0) is 43.0 Å². The van der Waals surface area contributed by atoms with Crippen molar-refractivity contribution >= 4 is 28.7 Å². The lowest BCUT2D eigenvalue weighted by Crippen LogP contribution is -2.40. The van der Waals surface area contributed by atoms with Crippen LogP contribution in [0.2, 0.25) is 5.02 Å². The molecule has 40 heavy (non-hydrogen) atoms. The van der Waals surface area contributed by atoms with E-state index in [9.17, 15) is 18.7 Å². The number of pyridine rings is 1. The van der Waals surface area contributed by atoms with Crippen LogP contribution in [0.15, 0.2) is 18.2 Å². The van der Waals surface area contributed by atoms with Gasteiger partial charge in [0.2, 0.25) is 5.91 Å². The predicted molar refractivity (Wildman–Crippen MR) is 138 cm³/mol. The monoisotopic (exact) mass is 578 g/mol. The van der Waals surface area contributed by atoms with Crippen LogP contribution >= 0.6 is 11.6 Å². The minimum atomic E-state index is -0.687. The van der Waals surface area contributed by atoms with Gasteiger partial charge in [-0.25, -0.2) is 13.8 Å². The summed E-state index contributed by atoms with van der Waals surface area (Å²) in [4.78, 5) is 25.9. The van der Waals surface area contributed by atoms with Crippen molar-refractivity contribution in [2.24, 2.45) is 0 Å². The third-order valence-corrected chi connectivity index (χ3v) is 7.85. The number of H-pyrrole nitrogens is 1. The quantitative estimate of drug-likeness (QED) is 0.418. The Hall–Kier alpha value is -2.90. The number of fused-ring (bicyclic) bond motifs is 2. The van der Waals surface area contributed by atoms with Crippen molar-refractivity contribution in [3.05, 3.63) is 51.7 Å². The topological polar surface area (TPSA) is 119 Å². The van der Waals surface area contributed by atoms with Crippen molar-refractivity contribution in [2.75, 3.05) is 39.5 Å². The molecule has 10 nitrogen and oxygen atoms in total. The molecule has 5 heterocycles. The van der Waals surface area contributed by atoms with Crippen LogP contribution in [-0.2, 0) is 38.3 Å². The maximum atomic E-state index is 14.9.